The minimum absolute atomic E-state index is 0.264. The average Bonchev–Trinajstić information content (AvgIpc) is 3.36. The molecule has 1 heterocycles. The highest BCUT2D eigenvalue weighted by Crippen LogP contribution is 2.48. The van der Waals surface area contributed by atoms with Crippen molar-refractivity contribution in [1.29, 1.82) is 0 Å². The lowest BCUT2D eigenvalue weighted by Crippen LogP contribution is -2.20. The van der Waals surface area contributed by atoms with E-state index in [9.17, 15) is 0 Å². The molecule has 0 spiro atoms. The minimum atomic E-state index is 0.264. The van der Waals surface area contributed by atoms with E-state index in [1.54, 1.807) is 0 Å². The fourth-order valence-corrected chi connectivity index (χ4v) is 3.41. The van der Waals surface area contributed by atoms with Gasteiger partial charge >= 0.3 is 0 Å². The highest BCUT2D eigenvalue weighted by molar-refractivity contribution is 6.01. The van der Waals surface area contributed by atoms with Crippen LogP contribution in [-0.4, -0.2) is 11.5 Å². The van der Waals surface area contributed by atoms with Gasteiger partial charge < -0.3 is 11.1 Å². The van der Waals surface area contributed by atoms with Gasteiger partial charge in [-0.25, -0.2) is 4.98 Å². The molecule has 0 aliphatic heterocycles. The average molecular weight is 303 g/mol. The molecule has 116 valence electrons. The Morgan fingerprint density at radius 2 is 1.87 bits per heavy atom. The van der Waals surface area contributed by atoms with E-state index in [0.29, 0.717) is 0 Å². The number of nitrogens with two attached hydrogens (primary N) is 1. The number of rotatable bonds is 4. The summed E-state index contributed by atoms with van der Waals surface area (Å²) in [6, 6.07) is 16.8. The van der Waals surface area contributed by atoms with Gasteiger partial charge in [0, 0.05) is 34.6 Å². The topological polar surface area (TPSA) is 50.9 Å². The molecule has 3 N–H and O–H groups in total. The number of benzene rings is 2. The number of anilines is 2. The van der Waals surface area contributed by atoms with Crippen LogP contribution in [0.1, 0.15) is 24.0 Å². The van der Waals surface area contributed by atoms with Gasteiger partial charge in [-0.2, -0.15) is 0 Å². The fraction of sp³-hybridized carbons (Fsp3) is 0.250. The molecule has 0 amide bonds. The highest BCUT2D eigenvalue weighted by atomic mass is 15.0. The Kier molecular flexibility index (Phi) is 3.22. The Morgan fingerprint density at radius 3 is 2.61 bits per heavy atom. The smallest absolute Gasteiger partial charge is 0.133 e. The summed E-state index contributed by atoms with van der Waals surface area (Å²) in [6.45, 7) is 2.97. The predicted molar refractivity (Wildman–Crippen MR) is 96.7 cm³/mol. The normalized spacial score (nSPS) is 15.5. The van der Waals surface area contributed by atoms with Crippen LogP contribution in [0.15, 0.2) is 54.7 Å². The van der Waals surface area contributed by atoms with Gasteiger partial charge in [-0.3, -0.25) is 0 Å². The van der Waals surface area contributed by atoms with Crippen molar-refractivity contribution in [3.63, 3.8) is 0 Å². The third-order valence-corrected chi connectivity index (χ3v) is 4.97. The standard InChI is InChI=1S/C20H21N3/c1-14-12-22-19(16-8-5-9-17(21)18(14)16)23-13-20(10-11-20)15-6-3-2-4-7-15/h2-9,12H,10-11,13,21H2,1H3,(H,22,23). The summed E-state index contributed by atoms with van der Waals surface area (Å²) >= 11 is 0. The molecule has 0 radical (unpaired) electrons. The van der Waals surface area contributed by atoms with Crippen molar-refractivity contribution < 1.29 is 0 Å². The number of nitrogen functional groups attached to an aromatic ring is 1. The van der Waals surface area contributed by atoms with Gasteiger partial charge in [0.15, 0.2) is 0 Å². The van der Waals surface area contributed by atoms with Crippen LogP contribution in [0.2, 0.25) is 0 Å². The summed E-state index contributed by atoms with van der Waals surface area (Å²) in [6.07, 6.45) is 4.37. The maximum atomic E-state index is 6.16. The zero-order valence-electron chi connectivity index (χ0n) is 13.3. The Labute approximate surface area is 136 Å². The minimum Gasteiger partial charge on any atom is -0.398 e. The molecule has 23 heavy (non-hydrogen) atoms. The molecule has 0 bridgehead atoms. The molecule has 0 saturated heterocycles. The van der Waals surface area contributed by atoms with Crippen LogP contribution in [0.3, 0.4) is 0 Å². The number of hydrogen-bond acceptors (Lipinski definition) is 3. The molecule has 1 aliphatic rings. The lowest BCUT2D eigenvalue weighted by Gasteiger charge is -2.18. The molecular formula is C20H21N3. The lowest BCUT2D eigenvalue weighted by atomic mass is 9.96. The Morgan fingerprint density at radius 1 is 1.09 bits per heavy atom. The van der Waals surface area contributed by atoms with E-state index in [1.165, 1.54) is 18.4 Å². The molecule has 1 aliphatic carbocycles. The van der Waals surface area contributed by atoms with Gasteiger partial charge in [-0.1, -0.05) is 42.5 Å². The summed E-state index contributed by atoms with van der Waals surface area (Å²) in [5, 5.41) is 5.79. The van der Waals surface area contributed by atoms with Crippen molar-refractivity contribution in [2.45, 2.75) is 25.2 Å². The second-order valence-electron chi connectivity index (χ2n) is 6.56. The third kappa shape index (κ3) is 2.42. The highest BCUT2D eigenvalue weighted by Gasteiger charge is 2.43. The first-order valence-corrected chi connectivity index (χ1v) is 8.13. The predicted octanol–water partition coefficient (Wildman–Crippen LogP) is 4.27. The van der Waals surface area contributed by atoms with Gasteiger partial charge in [-0.15, -0.1) is 0 Å². The number of pyridine rings is 1. The molecule has 0 atom stereocenters. The molecule has 4 rings (SSSR count). The summed E-state index contributed by atoms with van der Waals surface area (Å²) < 4.78 is 0. The Hall–Kier alpha value is -2.55. The van der Waals surface area contributed by atoms with Crippen LogP contribution >= 0.6 is 0 Å². The van der Waals surface area contributed by atoms with Crippen molar-refractivity contribution >= 4 is 22.3 Å². The monoisotopic (exact) mass is 303 g/mol. The lowest BCUT2D eigenvalue weighted by molar-refractivity contribution is 0.731. The maximum Gasteiger partial charge on any atom is 0.133 e. The van der Waals surface area contributed by atoms with Crippen molar-refractivity contribution in [2.24, 2.45) is 0 Å². The van der Waals surface area contributed by atoms with Crippen molar-refractivity contribution in [3.8, 4) is 0 Å². The van der Waals surface area contributed by atoms with Gasteiger partial charge in [0.2, 0.25) is 0 Å². The maximum absolute atomic E-state index is 6.16. The van der Waals surface area contributed by atoms with Crippen LogP contribution in [0.25, 0.3) is 10.8 Å². The summed E-state index contributed by atoms with van der Waals surface area (Å²) in [4.78, 5) is 4.61. The molecule has 3 nitrogen and oxygen atoms in total. The van der Waals surface area contributed by atoms with Gasteiger partial charge in [0.05, 0.1) is 0 Å². The number of nitrogens with one attached hydrogen (secondary N) is 1. The Bertz CT molecular complexity index is 843. The van der Waals surface area contributed by atoms with Crippen LogP contribution < -0.4 is 11.1 Å². The van der Waals surface area contributed by atoms with Crippen molar-refractivity contribution in [1.82, 2.24) is 4.98 Å². The van der Waals surface area contributed by atoms with Gasteiger partial charge in [0.25, 0.3) is 0 Å². The zero-order chi connectivity index (χ0) is 15.9. The largest absolute Gasteiger partial charge is 0.398 e. The SMILES string of the molecule is Cc1cnc(NCC2(c3ccccc3)CC2)c2cccc(N)c12. The second kappa shape index (κ2) is 5.27. The first-order chi connectivity index (χ1) is 11.2. The van der Waals surface area contributed by atoms with E-state index in [0.717, 1.165) is 34.4 Å². The van der Waals surface area contributed by atoms with Crippen LogP contribution in [0.5, 0.6) is 0 Å². The molecule has 3 aromatic rings. The second-order valence-corrected chi connectivity index (χ2v) is 6.56. The van der Waals surface area contributed by atoms with E-state index in [2.05, 4.69) is 53.6 Å². The number of fused-ring (bicyclic) bond motifs is 1. The number of aromatic nitrogens is 1. The third-order valence-electron chi connectivity index (χ3n) is 4.97. The molecule has 2 aromatic carbocycles. The van der Waals surface area contributed by atoms with E-state index >= 15 is 0 Å². The molecule has 0 unspecified atom stereocenters. The quantitative estimate of drug-likeness (QED) is 0.708. The van der Waals surface area contributed by atoms with Gasteiger partial charge in [-0.05, 0) is 37.0 Å². The molecule has 1 fully saturated rings. The fourth-order valence-electron chi connectivity index (χ4n) is 3.41. The summed E-state index contributed by atoms with van der Waals surface area (Å²) in [5.41, 5.74) is 9.77. The van der Waals surface area contributed by atoms with Crippen LogP contribution in [-0.2, 0) is 5.41 Å². The number of nitrogens with zero attached hydrogens (tertiary/aromatic N) is 1. The van der Waals surface area contributed by atoms with E-state index in [4.69, 9.17) is 5.73 Å². The van der Waals surface area contributed by atoms with Crippen molar-refractivity contribution in [3.05, 3.63) is 65.9 Å². The van der Waals surface area contributed by atoms with Gasteiger partial charge in [0.1, 0.15) is 5.82 Å². The van der Waals surface area contributed by atoms with E-state index in [-0.39, 0.29) is 5.41 Å². The number of hydrogen-bond donors (Lipinski definition) is 2. The van der Waals surface area contributed by atoms with Crippen molar-refractivity contribution in [2.75, 3.05) is 17.6 Å². The molecule has 1 saturated carbocycles. The summed E-state index contributed by atoms with van der Waals surface area (Å²) in [7, 11) is 0. The summed E-state index contributed by atoms with van der Waals surface area (Å²) in [5.74, 6) is 0.931. The number of aryl methyl sites for hydroxylation is 1. The Balaban J connectivity index is 1.65. The van der Waals surface area contributed by atoms with E-state index < -0.39 is 0 Å². The molecular weight excluding hydrogens is 282 g/mol. The molecule has 3 heteroatoms. The zero-order valence-corrected chi connectivity index (χ0v) is 13.3. The van der Waals surface area contributed by atoms with Crippen LogP contribution in [0, 0.1) is 6.92 Å². The first-order valence-electron chi connectivity index (χ1n) is 8.13. The first kappa shape index (κ1) is 14.1. The molecule has 1 aromatic heterocycles. The van der Waals surface area contributed by atoms with E-state index in [1.807, 2.05) is 18.3 Å². The van der Waals surface area contributed by atoms with Crippen LogP contribution in [0.4, 0.5) is 11.5 Å².